The first-order valence-electron chi connectivity index (χ1n) is 9.43. The van der Waals surface area contributed by atoms with Crippen LogP contribution in [0.3, 0.4) is 0 Å². The Morgan fingerprint density at radius 3 is 2.14 bits per heavy atom. The summed E-state index contributed by atoms with van der Waals surface area (Å²) in [6.45, 7) is 4.36. The van der Waals surface area contributed by atoms with Gasteiger partial charge < -0.3 is 14.2 Å². The number of nitrogens with zero attached hydrogens (tertiary/aromatic N) is 1. The van der Waals surface area contributed by atoms with Gasteiger partial charge in [0.05, 0.1) is 56.8 Å². The van der Waals surface area contributed by atoms with Crippen molar-refractivity contribution in [1.82, 2.24) is 4.90 Å². The van der Waals surface area contributed by atoms with Crippen molar-refractivity contribution in [2.24, 2.45) is 0 Å². The SMILES string of the molecule is CC(COCc1ccccc1)OCCOCCN1C(=O)c2ccccc2C1=O. The summed E-state index contributed by atoms with van der Waals surface area (Å²) >= 11 is 0. The van der Waals surface area contributed by atoms with Crippen LogP contribution in [0.15, 0.2) is 54.6 Å². The molecule has 0 saturated carbocycles. The molecule has 6 nitrogen and oxygen atoms in total. The third-order valence-electron chi connectivity index (χ3n) is 4.43. The lowest BCUT2D eigenvalue weighted by Gasteiger charge is -2.15. The third kappa shape index (κ3) is 5.25. The summed E-state index contributed by atoms with van der Waals surface area (Å²) in [7, 11) is 0. The first-order valence-corrected chi connectivity index (χ1v) is 9.43. The molecule has 0 saturated heterocycles. The summed E-state index contributed by atoms with van der Waals surface area (Å²) in [5.41, 5.74) is 2.05. The van der Waals surface area contributed by atoms with Gasteiger partial charge in [-0.15, -0.1) is 0 Å². The number of carbonyl (C=O) groups is 2. The molecule has 148 valence electrons. The fourth-order valence-electron chi connectivity index (χ4n) is 2.97. The Morgan fingerprint density at radius 2 is 1.46 bits per heavy atom. The number of imide groups is 1. The van der Waals surface area contributed by atoms with Crippen molar-refractivity contribution in [3.05, 3.63) is 71.3 Å². The monoisotopic (exact) mass is 383 g/mol. The standard InChI is InChI=1S/C22H25NO5/c1-17(15-27-16-18-7-3-2-4-8-18)28-14-13-26-12-11-23-21(24)19-9-5-6-10-20(19)22(23)25/h2-10,17H,11-16H2,1H3. The highest BCUT2D eigenvalue weighted by molar-refractivity contribution is 6.21. The summed E-state index contributed by atoms with van der Waals surface area (Å²) in [6, 6.07) is 16.8. The molecule has 0 N–H and O–H groups in total. The van der Waals surface area contributed by atoms with Gasteiger partial charge in [0.15, 0.2) is 0 Å². The van der Waals surface area contributed by atoms with Gasteiger partial charge in [-0.3, -0.25) is 14.5 Å². The number of hydrogen-bond donors (Lipinski definition) is 0. The molecule has 0 aliphatic carbocycles. The van der Waals surface area contributed by atoms with E-state index in [0.29, 0.717) is 37.6 Å². The van der Waals surface area contributed by atoms with Crippen LogP contribution < -0.4 is 0 Å². The molecule has 2 amide bonds. The van der Waals surface area contributed by atoms with Crippen LogP contribution in [-0.4, -0.2) is 55.8 Å². The van der Waals surface area contributed by atoms with Gasteiger partial charge in [-0.05, 0) is 24.6 Å². The second kappa shape index (κ2) is 10.1. The second-order valence-corrected chi connectivity index (χ2v) is 6.60. The van der Waals surface area contributed by atoms with E-state index in [1.165, 1.54) is 4.90 Å². The molecule has 0 bridgehead atoms. The molecular formula is C22H25NO5. The lowest BCUT2D eigenvalue weighted by molar-refractivity contribution is -0.0342. The maximum absolute atomic E-state index is 12.2. The zero-order valence-corrected chi connectivity index (χ0v) is 16.0. The van der Waals surface area contributed by atoms with Gasteiger partial charge in [0.25, 0.3) is 11.8 Å². The Kier molecular flexibility index (Phi) is 7.31. The van der Waals surface area contributed by atoms with Gasteiger partial charge in [-0.25, -0.2) is 0 Å². The summed E-state index contributed by atoms with van der Waals surface area (Å²) in [6.07, 6.45) is -0.0384. The molecule has 1 unspecified atom stereocenters. The van der Waals surface area contributed by atoms with Crippen molar-refractivity contribution < 1.29 is 23.8 Å². The first-order chi connectivity index (χ1) is 13.7. The smallest absolute Gasteiger partial charge is 0.261 e. The van der Waals surface area contributed by atoms with E-state index in [4.69, 9.17) is 14.2 Å². The minimum Gasteiger partial charge on any atom is -0.377 e. The van der Waals surface area contributed by atoms with E-state index >= 15 is 0 Å². The van der Waals surface area contributed by atoms with Crippen LogP contribution in [-0.2, 0) is 20.8 Å². The Hall–Kier alpha value is -2.54. The van der Waals surface area contributed by atoms with Crippen LogP contribution >= 0.6 is 0 Å². The van der Waals surface area contributed by atoms with Gasteiger partial charge in [0, 0.05) is 0 Å². The molecule has 0 radical (unpaired) electrons. The molecule has 0 spiro atoms. The number of ether oxygens (including phenoxy) is 3. The molecule has 3 rings (SSSR count). The molecule has 0 aromatic heterocycles. The van der Waals surface area contributed by atoms with Crippen molar-refractivity contribution >= 4 is 11.8 Å². The van der Waals surface area contributed by atoms with E-state index in [-0.39, 0.29) is 31.1 Å². The zero-order chi connectivity index (χ0) is 19.8. The second-order valence-electron chi connectivity index (χ2n) is 6.60. The normalized spacial score (nSPS) is 14.4. The highest BCUT2D eigenvalue weighted by Gasteiger charge is 2.34. The fraction of sp³-hybridized carbons (Fsp3) is 0.364. The van der Waals surface area contributed by atoms with Crippen molar-refractivity contribution in [1.29, 1.82) is 0 Å². The van der Waals surface area contributed by atoms with E-state index in [0.717, 1.165) is 5.56 Å². The van der Waals surface area contributed by atoms with Crippen molar-refractivity contribution in [3.8, 4) is 0 Å². The van der Waals surface area contributed by atoms with Crippen LogP contribution in [0.5, 0.6) is 0 Å². The van der Waals surface area contributed by atoms with Crippen molar-refractivity contribution in [3.63, 3.8) is 0 Å². The fourth-order valence-corrected chi connectivity index (χ4v) is 2.97. The van der Waals surface area contributed by atoms with Crippen molar-refractivity contribution in [2.45, 2.75) is 19.6 Å². The van der Waals surface area contributed by atoms with Crippen LogP contribution in [0.1, 0.15) is 33.2 Å². The lowest BCUT2D eigenvalue weighted by atomic mass is 10.1. The van der Waals surface area contributed by atoms with Crippen LogP contribution in [0.4, 0.5) is 0 Å². The van der Waals surface area contributed by atoms with Crippen molar-refractivity contribution in [2.75, 3.05) is 33.0 Å². The highest BCUT2D eigenvalue weighted by Crippen LogP contribution is 2.21. The van der Waals surface area contributed by atoms with Gasteiger partial charge in [-0.1, -0.05) is 42.5 Å². The molecule has 2 aromatic rings. The van der Waals surface area contributed by atoms with Crippen LogP contribution in [0.25, 0.3) is 0 Å². The molecular weight excluding hydrogens is 358 g/mol. The van der Waals surface area contributed by atoms with Crippen LogP contribution in [0, 0.1) is 0 Å². The van der Waals surface area contributed by atoms with E-state index in [2.05, 4.69) is 0 Å². The molecule has 1 heterocycles. The number of amides is 2. The molecule has 1 atom stereocenters. The largest absolute Gasteiger partial charge is 0.377 e. The quantitative estimate of drug-likeness (QED) is 0.441. The maximum atomic E-state index is 12.2. The summed E-state index contributed by atoms with van der Waals surface area (Å²) in [5, 5.41) is 0. The zero-order valence-electron chi connectivity index (χ0n) is 16.0. The number of rotatable bonds is 11. The van der Waals surface area contributed by atoms with E-state index in [1.54, 1.807) is 24.3 Å². The molecule has 2 aromatic carbocycles. The maximum Gasteiger partial charge on any atom is 0.261 e. The average Bonchev–Trinajstić information content (AvgIpc) is 2.96. The Morgan fingerprint density at radius 1 is 0.821 bits per heavy atom. The van der Waals surface area contributed by atoms with E-state index < -0.39 is 0 Å². The van der Waals surface area contributed by atoms with Crippen LogP contribution in [0.2, 0.25) is 0 Å². The van der Waals surface area contributed by atoms with Gasteiger partial charge in [0.2, 0.25) is 0 Å². The number of carbonyl (C=O) groups excluding carboxylic acids is 2. The molecule has 6 heteroatoms. The van der Waals surface area contributed by atoms with Gasteiger partial charge in [0.1, 0.15) is 0 Å². The number of fused-ring (bicyclic) bond motifs is 1. The molecule has 1 aliphatic rings. The predicted octanol–water partition coefficient (Wildman–Crippen LogP) is 2.92. The van der Waals surface area contributed by atoms with Gasteiger partial charge >= 0.3 is 0 Å². The Bertz CT molecular complexity index is 758. The third-order valence-corrected chi connectivity index (χ3v) is 4.43. The Labute approximate surface area is 165 Å². The summed E-state index contributed by atoms with van der Waals surface area (Å²) < 4.78 is 16.8. The number of benzene rings is 2. The number of hydrogen-bond acceptors (Lipinski definition) is 5. The predicted molar refractivity (Wildman–Crippen MR) is 104 cm³/mol. The molecule has 28 heavy (non-hydrogen) atoms. The average molecular weight is 383 g/mol. The molecule has 1 aliphatic heterocycles. The minimum atomic E-state index is -0.260. The Balaban J connectivity index is 1.25. The van der Waals surface area contributed by atoms with Gasteiger partial charge in [-0.2, -0.15) is 0 Å². The first kappa shape index (κ1) is 20.2. The van der Waals surface area contributed by atoms with E-state index in [1.807, 2.05) is 37.3 Å². The van der Waals surface area contributed by atoms with E-state index in [9.17, 15) is 9.59 Å². The summed E-state index contributed by atoms with van der Waals surface area (Å²) in [5.74, 6) is -0.519. The topological polar surface area (TPSA) is 65.1 Å². The lowest BCUT2D eigenvalue weighted by Crippen LogP contribution is -2.33. The minimum absolute atomic E-state index is 0.0384. The molecule has 0 fully saturated rings. The summed E-state index contributed by atoms with van der Waals surface area (Å²) in [4.78, 5) is 25.7. The highest BCUT2D eigenvalue weighted by atomic mass is 16.5.